The van der Waals surface area contributed by atoms with Crippen molar-refractivity contribution in [2.45, 2.75) is 71.1 Å². The highest BCUT2D eigenvalue weighted by Crippen LogP contribution is 2.37. The highest BCUT2D eigenvalue weighted by Gasteiger charge is 2.26. The van der Waals surface area contributed by atoms with Gasteiger partial charge in [-0.05, 0) is 47.5 Å². The van der Waals surface area contributed by atoms with Crippen molar-refractivity contribution < 1.29 is 0 Å². The van der Waals surface area contributed by atoms with E-state index >= 15 is 0 Å². The topological polar surface area (TPSA) is 28.7 Å². The molecule has 0 spiro atoms. The lowest BCUT2D eigenvalue weighted by atomic mass is 9.80. The van der Waals surface area contributed by atoms with Crippen LogP contribution in [0.3, 0.4) is 0 Å². The summed E-state index contributed by atoms with van der Waals surface area (Å²) < 4.78 is 1.65. The minimum absolute atomic E-state index is 0.0463. The van der Waals surface area contributed by atoms with Gasteiger partial charge in [-0.2, -0.15) is 0 Å². The molecule has 0 bridgehead atoms. The maximum atomic E-state index is 5.43. The van der Waals surface area contributed by atoms with Gasteiger partial charge in [0, 0.05) is 17.0 Å². The maximum absolute atomic E-state index is 5.43. The Morgan fingerprint density at radius 3 is 2.35 bits per heavy atom. The van der Waals surface area contributed by atoms with Crippen LogP contribution in [0, 0.1) is 10.6 Å². The average Bonchev–Trinajstić information content (AvgIpc) is 2.40. The van der Waals surface area contributed by atoms with Crippen molar-refractivity contribution in [2.75, 3.05) is 0 Å². The first-order valence-electron chi connectivity index (χ1n) is 7.63. The highest BCUT2D eigenvalue weighted by molar-refractivity contribution is 9.10. The van der Waals surface area contributed by atoms with E-state index in [4.69, 9.17) is 12.2 Å². The monoisotopic (exact) mass is 356 g/mol. The Labute approximate surface area is 135 Å². The molecule has 0 amide bonds. The largest absolute Gasteiger partial charge is 0.345 e. The number of hydrogen-bond donors (Lipinski definition) is 1. The summed E-state index contributed by atoms with van der Waals surface area (Å²) >= 11 is 9.03. The zero-order valence-electron chi connectivity index (χ0n) is 12.9. The predicted octanol–water partition coefficient (Wildman–Crippen LogP) is 5.88. The van der Waals surface area contributed by atoms with Gasteiger partial charge in [-0.15, -0.1) is 0 Å². The van der Waals surface area contributed by atoms with Gasteiger partial charge in [0.15, 0.2) is 0 Å². The van der Waals surface area contributed by atoms with E-state index in [-0.39, 0.29) is 5.41 Å². The van der Waals surface area contributed by atoms with Crippen molar-refractivity contribution in [3.63, 3.8) is 0 Å². The van der Waals surface area contributed by atoms with Gasteiger partial charge >= 0.3 is 0 Å². The fraction of sp³-hybridized carbons (Fsp3) is 0.750. The first kappa shape index (κ1) is 16.2. The number of halogens is 1. The van der Waals surface area contributed by atoms with Crippen LogP contribution in [-0.4, -0.2) is 9.97 Å². The Morgan fingerprint density at radius 2 is 1.85 bits per heavy atom. The van der Waals surface area contributed by atoms with E-state index in [1.165, 1.54) is 37.8 Å². The van der Waals surface area contributed by atoms with Crippen LogP contribution in [0.25, 0.3) is 0 Å². The molecule has 1 aromatic rings. The molecule has 4 heteroatoms. The molecular formula is C16H25BrN2S. The Balaban J connectivity index is 2.30. The van der Waals surface area contributed by atoms with Crippen LogP contribution in [0.15, 0.2) is 4.47 Å². The van der Waals surface area contributed by atoms with Crippen LogP contribution in [0.4, 0.5) is 0 Å². The molecule has 1 heterocycles. The molecule has 0 aromatic carbocycles. The van der Waals surface area contributed by atoms with E-state index in [0.29, 0.717) is 10.6 Å². The van der Waals surface area contributed by atoms with Crippen molar-refractivity contribution in [2.24, 2.45) is 5.92 Å². The van der Waals surface area contributed by atoms with Gasteiger partial charge in [0.2, 0.25) is 0 Å². The zero-order valence-corrected chi connectivity index (χ0v) is 15.3. The Morgan fingerprint density at radius 1 is 1.25 bits per heavy atom. The number of nitrogens with zero attached hydrogens (tertiary/aromatic N) is 1. The average molecular weight is 357 g/mol. The molecule has 2 rings (SSSR count). The third-order valence-electron chi connectivity index (χ3n) is 4.44. The first-order valence-corrected chi connectivity index (χ1v) is 8.83. The fourth-order valence-electron chi connectivity index (χ4n) is 3.03. The lowest BCUT2D eigenvalue weighted by Crippen LogP contribution is -2.20. The van der Waals surface area contributed by atoms with Gasteiger partial charge < -0.3 is 4.98 Å². The molecule has 0 aliphatic heterocycles. The third kappa shape index (κ3) is 3.51. The highest BCUT2D eigenvalue weighted by atomic mass is 79.9. The van der Waals surface area contributed by atoms with Crippen molar-refractivity contribution in [1.29, 1.82) is 0 Å². The van der Waals surface area contributed by atoms with E-state index in [0.717, 1.165) is 16.2 Å². The summed E-state index contributed by atoms with van der Waals surface area (Å²) in [6.45, 7) is 8.91. The standard InChI is InChI=1S/C16H25BrN2S/c1-5-10-6-8-11(9-7-10)14-18-13(16(2,3)4)12(17)15(20)19-14/h10-11H,5-9H2,1-4H3,(H,18,19,20). The zero-order chi connectivity index (χ0) is 14.9. The second kappa shape index (κ2) is 6.27. The summed E-state index contributed by atoms with van der Waals surface area (Å²) in [5.74, 6) is 2.55. The van der Waals surface area contributed by atoms with Crippen LogP contribution in [0.2, 0.25) is 0 Å². The minimum atomic E-state index is 0.0463. The van der Waals surface area contributed by atoms with Crippen LogP contribution in [0.5, 0.6) is 0 Å². The number of nitrogens with one attached hydrogen (secondary N) is 1. The van der Waals surface area contributed by atoms with E-state index in [1.807, 2.05) is 0 Å². The molecule has 0 unspecified atom stereocenters. The van der Waals surface area contributed by atoms with E-state index in [2.05, 4.69) is 53.6 Å². The molecular weight excluding hydrogens is 332 g/mol. The predicted molar refractivity (Wildman–Crippen MR) is 90.8 cm³/mol. The molecule has 20 heavy (non-hydrogen) atoms. The van der Waals surface area contributed by atoms with Crippen LogP contribution < -0.4 is 0 Å². The molecule has 0 atom stereocenters. The number of H-pyrrole nitrogens is 1. The summed E-state index contributed by atoms with van der Waals surface area (Å²) in [6.07, 6.45) is 6.43. The molecule has 2 nitrogen and oxygen atoms in total. The second-order valence-electron chi connectivity index (χ2n) is 6.99. The maximum Gasteiger partial charge on any atom is 0.144 e. The second-order valence-corrected chi connectivity index (χ2v) is 8.17. The Kier molecular flexibility index (Phi) is 5.06. The summed E-state index contributed by atoms with van der Waals surface area (Å²) in [5.41, 5.74) is 1.22. The van der Waals surface area contributed by atoms with Gasteiger partial charge in [0.1, 0.15) is 10.5 Å². The van der Waals surface area contributed by atoms with E-state index in [1.54, 1.807) is 0 Å². The molecule has 0 radical (unpaired) electrons. The lowest BCUT2D eigenvalue weighted by molar-refractivity contribution is 0.311. The van der Waals surface area contributed by atoms with Crippen LogP contribution in [-0.2, 0) is 5.41 Å². The third-order valence-corrected chi connectivity index (χ3v) is 5.77. The molecule has 1 N–H and O–H groups in total. The summed E-state index contributed by atoms with van der Waals surface area (Å²) in [4.78, 5) is 8.21. The SMILES string of the molecule is CCC1CCC(c2nc(=S)c(Br)c(C(C)(C)C)[nH]2)CC1. The summed E-state index contributed by atoms with van der Waals surface area (Å²) in [6, 6.07) is 0. The van der Waals surface area contributed by atoms with Crippen molar-refractivity contribution >= 4 is 28.1 Å². The lowest BCUT2D eigenvalue weighted by Gasteiger charge is -2.29. The van der Waals surface area contributed by atoms with Gasteiger partial charge in [-0.25, -0.2) is 4.98 Å². The van der Waals surface area contributed by atoms with Crippen molar-refractivity contribution in [1.82, 2.24) is 9.97 Å². The molecule has 1 fully saturated rings. The number of aromatic amines is 1. The van der Waals surface area contributed by atoms with Gasteiger partial charge in [0.25, 0.3) is 0 Å². The molecule has 1 saturated carbocycles. The summed E-state index contributed by atoms with van der Waals surface area (Å²) in [5, 5.41) is 0. The molecule has 112 valence electrons. The number of hydrogen-bond acceptors (Lipinski definition) is 2. The number of rotatable bonds is 2. The fourth-order valence-corrected chi connectivity index (χ4v) is 4.01. The summed E-state index contributed by atoms with van der Waals surface area (Å²) in [7, 11) is 0. The Hall–Kier alpha value is -0.220. The van der Waals surface area contributed by atoms with E-state index < -0.39 is 0 Å². The van der Waals surface area contributed by atoms with Crippen molar-refractivity contribution in [3.05, 3.63) is 20.6 Å². The first-order chi connectivity index (χ1) is 9.32. The van der Waals surface area contributed by atoms with E-state index in [9.17, 15) is 0 Å². The van der Waals surface area contributed by atoms with Crippen LogP contribution in [0.1, 0.15) is 77.2 Å². The van der Waals surface area contributed by atoms with Crippen LogP contribution >= 0.6 is 28.1 Å². The normalized spacial score (nSPS) is 23.9. The molecule has 0 saturated heterocycles. The minimum Gasteiger partial charge on any atom is -0.345 e. The van der Waals surface area contributed by atoms with Gasteiger partial charge in [-0.3, -0.25) is 0 Å². The van der Waals surface area contributed by atoms with Gasteiger partial charge in [0.05, 0.1) is 4.47 Å². The molecule has 1 aliphatic carbocycles. The Bertz CT molecular complexity index is 522. The molecule has 1 aliphatic rings. The number of aromatic nitrogens is 2. The van der Waals surface area contributed by atoms with Gasteiger partial charge in [-0.1, -0.05) is 46.3 Å². The quantitative estimate of drug-likeness (QED) is 0.669. The smallest absolute Gasteiger partial charge is 0.144 e. The molecule has 1 aromatic heterocycles. The van der Waals surface area contributed by atoms with Crippen molar-refractivity contribution in [3.8, 4) is 0 Å².